The molecule has 0 bridgehead atoms. The van der Waals surface area contributed by atoms with E-state index in [0.717, 1.165) is 11.6 Å². The molecule has 2 aromatic rings. The molecule has 1 atom stereocenters. The SMILES string of the molecule is C=CC(=O)Nc1cc(C)ccc1Nc1nc(NC2CCCN(C(=O)O)C2)ncc1C(F)(F)F. The van der Waals surface area contributed by atoms with E-state index in [1.54, 1.807) is 19.1 Å². The molecule has 1 aromatic carbocycles. The number of anilines is 4. The van der Waals surface area contributed by atoms with E-state index in [-0.39, 0.29) is 29.9 Å². The second kappa shape index (κ2) is 9.76. The summed E-state index contributed by atoms with van der Waals surface area (Å²) in [4.78, 5) is 32.0. The summed E-state index contributed by atoms with van der Waals surface area (Å²) in [5.41, 5.74) is 0.137. The number of nitrogens with zero attached hydrogens (tertiary/aromatic N) is 3. The van der Waals surface area contributed by atoms with Crippen molar-refractivity contribution < 1.29 is 27.9 Å². The van der Waals surface area contributed by atoms with Crippen LogP contribution < -0.4 is 16.0 Å². The van der Waals surface area contributed by atoms with Crippen molar-refractivity contribution in [2.45, 2.75) is 32.0 Å². The van der Waals surface area contributed by atoms with E-state index >= 15 is 0 Å². The highest BCUT2D eigenvalue weighted by Crippen LogP contribution is 2.36. The summed E-state index contributed by atoms with van der Waals surface area (Å²) in [6, 6.07) is 4.44. The molecule has 9 nitrogen and oxygen atoms in total. The lowest BCUT2D eigenvalue weighted by Gasteiger charge is -2.31. The Kier molecular flexibility index (Phi) is 7.04. The number of likely N-dealkylation sites (tertiary alicyclic amines) is 1. The van der Waals surface area contributed by atoms with Gasteiger partial charge in [0.15, 0.2) is 0 Å². The van der Waals surface area contributed by atoms with Crippen LogP contribution in [0.1, 0.15) is 24.0 Å². The van der Waals surface area contributed by atoms with Crippen molar-refractivity contribution in [1.29, 1.82) is 0 Å². The van der Waals surface area contributed by atoms with Crippen LogP contribution in [0.25, 0.3) is 0 Å². The van der Waals surface area contributed by atoms with Crippen LogP contribution in [-0.2, 0) is 11.0 Å². The highest BCUT2D eigenvalue weighted by Gasteiger charge is 2.36. The normalized spacial score (nSPS) is 16.1. The van der Waals surface area contributed by atoms with Crippen molar-refractivity contribution in [1.82, 2.24) is 14.9 Å². The average molecular weight is 464 g/mol. The summed E-state index contributed by atoms with van der Waals surface area (Å²) in [6.07, 6.45) is -2.87. The number of rotatable bonds is 6. The Morgan fingerprint density at radius 2 is 2.06 bits per heavy atom. The van der Waals surface area contributed by atoms with Crippen LogP contribution >= 0.6 is 0 Å². The first kappa shape index (κ1) is 23.8. The van der Waals surface area contributed by atoms with Gasteiger partial charge in [0.25, 0.3) is 0 Å². The molecule has 0 saturated carbocycles. The topological polar surface area (TPSA) is 119 Å². The van der Waals surface area contributed by atoms with Crippen LogP contribution in [0, 0.1) is 6.92 Å². The van der Waals surface area contributed by atoms with Crippen LogP contribution in [0.15, 0.2) is 37.1 Å². The van der Waals surface area contributed by atoms with Gasteiger partial charge in [-0.2, -0.15) is 18.2 Å². The van der Waals surface area contributed by atoms with Crippen LogP contribution in [0.3, 0.4) is 0 Å². The smallest absolute Gasteiger partial charge is 0.421 e. The number of amides is 2. The van der Waals surface area contributed by atoms with E-state index in [9.17, 15) is 27.9 Å². The van der Waals surface area contributed by atoms with Gasteiger partial charge in [0.1, 0.15) is 11.4 Å². The van der Waals surface area contributed by atoms with E-state index in [0.29, 0.717) is 25.6 Å². The maximum atomic E-state index is 13.6. The number of nitrogens with one attached hydrogen (secondary N) is 3. The second-order valence-corrected chi connectivity index (χ2v) is 7.53. The number of halogens is 3. The zero-order chi connectivity index (χ0) is 24.2. The fourth-order valence-corrected chi connectivity index (χ4v) is 3.39. The Labute approximate surface area is 187 Å². The molecule has 0 spiro atoms. The summed E-state index contributed by atoms with van der Waals surface area (Å²) < 4.78 is 40.8. The van der Waals surface area contributed by atoms with Crippen molar-refractivity contribution in [3.63, 3.8) is 0 Å². The molecule has 1 saturated heterocycles. The van der Waals surface area contributed by atoms with Crippen molar-refractivity contribution in [2.24, 2.45) is 0 Å². The first-order chi connectivity index (χ1) is 15.6. The lowest BCUT2D eigenvalue weighted by Crippen LogP contribution is -2.44. The summed E-state index contributed by atoms with van der Waals surface area (Å²) in [6.45, 7) is 5.70. The molecule has 3 rings (SSSR count). The number of carbonyl (C=O) groups is 2. The van der Waals surface area contributed by atoms with Gasteiger partial charge in [-0.1, -0.05) is 12.6 Å². The van der Waals surface area contributed by atoms with E-state index in [2.05, 4.69) is 32.5 Å². The van der Waals surface area contributed by atoms with Crippen molar-refractivity contribution in [2.75, 3.05) is 29.0 Å². The molecule has 1 aliphatic heterocycles. The molecule has 1 unspecified atom stereocenters. The number of alkyl halides is 3. The first-order valence-corrected chi connectivity index (χ1v) is 10.1. The molecule has 1 aromatic heterocycles. The van der Waals surface area contributed by atoms with Gasteiger partial charge in [-0.05, 0) is 43.5 Å². The molecular weight excluding hydrogens is 441 g/mol. The number of aromatic nitrogens is 2. The minimum absolute atomic E-state index is 0.0773. The third-order valence-corrected chi connectivity index (χ3v) is 4.99. The molecule has 2 heterocycles. The van der Waals surface area contributed by atoms with Gasteiger partial charge in [-0.15, -0.1) is 0 Å². The lowest BCUT2D eigenvalue weighted by molar-refractivity contribution is -0.137. The Morgan fingerprint density at radius 3 is 2.73 bits per heavy atom. The number of carbonyl (C=O) groups excluding carboxylic acids is 1. The van der Waals surface area contributed by atoms with Gasteiger partial charge in [0.05, 0.1) is 11.4 Å². The molecule has 0 radical (unpaired) electrons. The van der Waals surface area contributed by atoms with E-state index in [1.807, 2.05) is 0 Å². The molecule has 12 heteroatoms. The van der Waals surface area contributed by atoms with Crippen LogP contribution in [-0.4, -0.2) is 51.1 Å². The van der Waals surface area contributed by atoms with Gasteiger partial charge in [-0.3, -0.25) is 4.79 Å². The molecule has 0 aliphatic carbocycles. The molecule has 2 amide bonds. The van der Waals surface area contributed by atoms with E-state index in [4.69, 9.17) is 0 Å². The van der Waals surface area contributed by atoms with Crippen LogP contribution in [0.2, 0.25) is 0 Å². The maximum absolute atomic E-state index is 13.6. The molecule has 1 fully saturated rings. The summed E-state index contributed by atoms with van der Waals surface area (Å²) in [5.74, 6) is -1.11. The van der Waals surface area contributed by atoms with Gasteiger partial charge >= 0.3 is 12.3 Å². The molecule has 4 N–H and O–H groups in total. The Bertz CT molecular complexity index is 1060. The first-order valence-electron chi connectivity index (χ1n) is 10.1. The number of hydrogen-bond acceptors (Lipinski definition) is 6. The summed E-state index contributed by atoms with van der Waals surface area (Å²) >= 11 is 0. The largest absolute Gasteiger partial charge is 0.465 e. The maximum Gasteiger partial charge on any atom is 0.421 e. The van der Waals surface area contributed by atoms with Crippen molar-refractivity contribution in [3.8, 4) is 0 Å². The van der Waals surface area contributed by atoms with E-state index in [1.165, 1.54) is 11.0 Å². The monoisotopic (exact) mass is 464 g/mol. The van der Waals surface area contributed by atoms with Gasteiger partial charge in [0, 0.05) is 25.3 Å². The quantitative estimate of drug-likeness (QED) is 0.473. The van der Waals surface area contributed by atoms with Crippen molar-refractivity contribution in [3.05, 3.63) is 48.2 Å². The fourth-order valence-electron chi connectivity index (χ4n) is 3.39. The molecular formula is C21H23F3N6O3. The Morgan fingerprint density at radius 1 is 1.30 bits per heavy atom. The van der Waals surface area contributed by atoms with Crippen LogP contribution in [0.4, 0.5) is 41.1 Å². The van der Waals surface area contributed by atoms with Crippen molar-refractivity contribution >= 4 is 35.1 Å². The minimum atomic E-state index is -4.74. The summed E-state index contributed by atoms with van der Waals surface area (Å²) in [5, 5.41) is 17.3. The number of aryl methyl sites for hydroxylation is 1. The molecule has 33 heavy (non-hydrogen) atoms. The van der Waals surface area contributed by atoms with Crippen LogP contribution in [0.5, 0.6) is 0 Å². The predicted octanol–water partition coefficient (Wildman–Crippen LogP) is 4.23. The summed E-state index contributed by atoms with van der Waals surface area (Å²) in [7, 11) is 0. The zero-order valence-corrected chi connectivity index (χ0v) is 17.7. The van der Waals surface area contributed by atoms with Gasteiger partial charge < -0.3 is 26.0 Å². The highest BCUT2D eigenvalue weighted by molar-refractivity contribution is 6.01. The molecule has 1 aliphatic rings. The lowest BCUT2D eigenvalue weighted by atomic mass is 10.1. The standard InChI is InChI=1S/C21H23F3N6O3/c1-3-17(31)27-16-9-12(2)6-7-15(16)28-18-14(21(22,23)24)10-25-19(29-18)26-13-5-4-8-30(11-13)20(32)33/h3,6-7,9-10,13H,1,4-5,8,11H2,2H3,(H,27,31)(H,32,33)(H2,25,26,28,29). The van der Waals surface area contributed by atoms with Gasteiger partial charge in [0.2, 0.25) is 11.9 Å². The number of hydrogen-bond donors (Lipinski definition) is 4. The van der Waals surface area contributed by atoms with Gasteiger partial charge in [-0.25, -0.2) is 9.78 Å². The second-order valence-electron chi connectivity index (χ2n) is 7.53. The Balaban J connectivity index is 1.91. The predicted molar refractivity (Wildman–Crippen MR) is 117 cm³/mol. The fraction of sp³-hybridized carbons (Fsp3) is 0.333. The minimum Gasteiger partial charge on any atom is -0.465 e. The Hall–Kier alpha value is -3.83. The number of benzene rings is 1. The third-order valence-electron chi connectivity index (χ3n) is 4.99. The third kappa shape index (κ3) is 6.11. The number of carboxylic acid groups (broad SMARTS) is 1. The average Bonchev–Trinajstić information content (AvgIpc) is 2.75. The number of piperidine rings is 1. The highest BCUT2D eigenvalue weighted by atomic mass is 19.4. The molecule has 176 valence electrons. The zero-order valence-electron chi connectivity index (χ0n) is 17.7. The van der Waals surface area contributed by atoms with E-state index < -0.39 is 29.6 Å².